The second-order valence-corrected chi connectivity index (χ2v) is 7.58. The van der Waals surface area contributed by atoms with Crippen LogP contribution in [0.5, 0.6) is 5.75 Å². The maximum absolute atomic E-state index is 12.1. The smallest absolute Gasteiger partial charge is 0.410 e. The highest BCUT2D eigenvalue weighted by Crippen LogP contribution is 2.25. The van der Waals surface area contributed by atoms with Crippen molar-refractivity contribution in [3.8, 4) is 27.7 Å². The van der Waals surface area contributed by atoms with Crippen LogP contribution in [-0.2, 0) is 0 Å². The van der Waals surface area contributed by atoms with Crippen molar-refractivity contribution in [1.29, 1.82) is 0 Å². The molecule has 1 N–H and O–H groups in total. The van der Waals surface area contributed by atoms with Gasteiger partial charge in [-0.1, -0.05) is 25.3 Å². The Bertz CT molecular complexity index is 888. The van der Waals surface area contributed by atoms with Crippen molar-refractivity contribution in [2.45, 2.75) is 38.1 Å². The van der Waals surface area contributed by atoms with Gasteiger partial charge in [0, 0.05) is 17.8 Å². The van der Waals surface area contributed by atoms with Gasteiger partial charge >= 0.3 is 6.09 Å². The van der Waals surface area contributed by atoms with Gasteiger partial charge in [0.15, 0.2) is 5.82 Å². The van der Waals surface area contributed by atoms with Crippen LogP contribution < -0.4 is 10.1 Å². The Morgan fingerprint density at radius 3 is 2.63 bits per heavy atom. The Hall–Kier alpha value is -2.73. The topological polar surface area (TPSA) is 64.1 Å². The largest absolute Gasteiger partial charge is 0.412 e. The monoisotopic (exact) mass is 379 g/mol. The molecular weight excluding hydrogens is 358 g/mol. The second-order valence-electron chi connectivity index (χ2n) is 6.64. The van der Waals surface area contributed by atoms with Crippen molar-refractivity contribution >= 4 is 17.4 Å². The number of nitrogens with zero attached hydrogens (tertiary/aromatic N) is 2. The van der Waals surface area contributed by atoms with E-state index >= 15 is 0 Å². The third-order valence-corrected chi connectivity index (χ3v) is 5.57. The zero-order chi connectivity index (χ0) is 18.5. The lowest BCUT2D eigenvalue weighted by Crippen LogP contribution is -2.37. The molecule has 1 fully saturated rings. The molecule has 2 heterocycles. The fraction of sp³-hybridized carbons (Fsp3) is 0.286. The minimum atomic E-state index is -0.384. The third-order valence-electron chi connectivity index (χ3n) is 4.68. The van der Waals surface area contributed by atoms with E-state index in [0.29, 0.717) is 11.6 Å². The molecule has 0 bridgehead atoms. The van der Waals surface area contributed by atoms with Gasteiger partial charge in [0.2, 0.25) is 0 Å². The number of amides is 1. The summed E-state index contributed by atoms with van der Waals surface area (Å²) in [5, 5.41) is 4.98. The maximum Gasteiger partial charge on any atom is 0.412 e. The van der Waals surface area contributed by atoms with E-state index in [1.165, 1.54) is 19.3 Å². The molecule has 0 spiro atoms. The molecule has 0 unspecified atom stereocenters. The number of thiophene rings is 1. The molecule has 0 atom stereocenters. The van der Waals surface area contributed by atoms with E-state index in [-0.39, 0.29) is 12.1 Å². The van der Waals surface area contributed by atoms with Crippen LogP contribution in [-0.4, -0.2) is 22.1 Å². The minimum Gasteiger partial charge on any atom is -0.410 e. The van der Waals surface area contributed by atoms with Crippen LogP contribution in [0.4, 0.5) is 4.79 Å². The second kappa shape index (κ2) is 8.31. The molecule has 1 aliphatic rings. The van der Waals surface area contributed by atoms with Gasteiger partial charge in [-0.2, -0.15) is 0 Å². The van der Waals surface area contributed by atoms with Crippen molar-refractivity contribution in [3.63, 3.8) is 0 Å². The zero-order valence-electron chi connectivity index (χ0n) is 14.9. The average Bonchev–Trinajstić information content (AvgIpc) is 3.24. The quantitative estimate of drug-likeness (QED) is 0.669. The van der Waals surface area contributed by atoms with Crippen LogP contribution in [0, 0.1) is 0 Å². The minimum absolute atomic E-state index is 0.235. The van der Waals surface area contributed by atoms with Gasteiger partial charge in [0.05, 0.1) is 10.6 Å². The van der Waals surface area contributed by atoms with Crippen LogP contribution in [0.2, 0.25) is 0 Å². The Morgan fingerprint density at radius 1 is 1.07 bits per heavy atom. The van der Waals surface area contributed by atoms with Gasteiger partial charge in [0.1, 0.15) is 5.75 Å². The predicted molar refractivity (Wildman–Crippen MR) is 107 cm³/mol. The van der Waals surface area contributed by atoms with Crippen LogP contribution in [0.25, 0.3) is 22.0 Å². The van der Waals surface area contributed by atoms with Crippen molar-refractivity contribution < 1.29 is 9.53 Å². The van der Waals surface area contributed by atoms with E-state index in [0.717, 1.165) is 29.0 Å². The van der Waals surface area contributed by atoms with Crippen LogP contribution >= 0.6 is 11.3 Å². The average molecular weight is 379 g/mol. The van der Waals surface area contributed by atoms with Crippen molar-refractivity contribution in [1.82, 2.24) is 15.3 Å². The highest BCUT2D eigenvalue weighted by atomic mass is 32.1. The summed E-state index contributed by atoms with van der Waals surface area (Å²) in [7, 11) is 0. The summed E-state index contributed by atoms with van der Waals surface area (Å²) in [6, 6.07) is 13.5. The third kappa shape index (κ3) is 4.52. The van der Waals surface area contributed by atoms with Gasteiger partial charge in [-0.3, -0.25) is 0 Å². The Balaban J connectivity index is 1.41. The number of rotatable bonds is 4. The Morgan fingerprint density at radius 2 is 1.89 bits per heavy atom. The molecule has 0 radical (unpaired) electrons. The first-order valence-electron chi connectivity index (χ1n) is 9.24. The fourth-order valence-electron chi connectivity index (χ4n) is 3.28. The highest BCUT2D eigenvalue weighted by molar-refractivity contribution is 7.13. The lowest BCUT2D eigenvalue weighted by molar-refractivity contribution is 0.192. The molecule has 138 valence electrons. The number of hydrogen-bond donors (Lipinski definition) is 1. The van der Waals surface area contributed by atoms with Gasteiger partial charge in [-0.25, -0.2) is 14.8 Å². The molecule has 1 aliphatic carbocycles. The van der Waals surface area contributed by atoms with Crippen molar-refractivity contribution in [2.75, 3.05) is 0 Å². The lowest BCUT2D eigenvalue weighted by Gasteiger charge is -2.22. The molecule has 27 heavy (non-hydrogen) atoms. The summed E-state index contributed by atoms with van der Waals surface area (Å²) >= 11 is 1.65. The first-order chi connectivity index (χ1) is 13.3. The van der Waals surface area contributed by atoms with Gasteiger partial charge in [-0.15, -0.1) is 11.3 Å². The molecular formula is C21H21N3O2S. The maximum atomic E-state index is 12.1. The van der Waals surface area contributed by atoms with E-state index in [1.807, 2.05) is 35.7 Å². The summed E-state index contributed by atoms with van der Waals surface area (Å²) in [4.78, 5) is 22.2. The molecule has 1 saturated carbocycles. The first kappa shape index (κ1) is 17.7. The molecule has 2 aromatic heterocycles. The summed E-state index contributed by atoms with van der Waals surface area (Å²) in [6.45, 7) is 0. The van der Waals surface area contributed by atoms with Gasteiger partial charge in [0.25, 0.3) is 0 Å². The zero-order valence-corrected chi connectivity index (χ0v) is 15.7. The SMILES string of the molecule is O=C(NC1CCCCC1)Oc1ccc(-c2nccc(-c3cccs3)n2)cc1. The van der Waals surface area contributed by atoms with E-state index in [4.69, 9.17) is 4.74 Å². The summed E-state index contributed by atoms with van der Waals surface area (Å²) in [5.41, 5.74) is 1.79. The van der Waals surface area contributed by atoms with E-state index in [1.54, 1.807) is 29.7 Å². The highest BCUT2D eigenvalue weighted by Gasteiger charge is 2.16. The normalized spacial score (nSPS) is 14.7. The number of aromatic nitrogens is 2. The van der Waals surface area contributed by atoms with Gasteiger partial charge < -0.3 is 10.1 Å². The number of carbonyl (C=O) groups excluding carboxylic acids is 1. The molecule has 3 aromatic rings. The van der Waals surface area contributed by atoms with Gasteiger partial charge in [-0.05, 0) is 54.6 Å². The Kier molecular flexibility index (Phi) is 5.44. The summed E-state index contributed by atoms with van der Waals surface area (Å²) < 4.78 is 5.40. The Labute approximate surface area is 162 Å². The van der Waals surface area contributed by atoms with E-state index in [2.05, 4.69) is 15.3 Å². The molecule has 1 amide bonds. The summed E-state index contributed by atoms with van der Waals surface area (Å²) in [6.07, 6.45) is 7.04. The van der Waals surface area contributed by atoms with Crippen molar-refractivity contribution in [3.05, 3.63) is 54.0 Å². The molecule has 6 heteroatoms. The van der Waals surface area contributed by atoms with Crippen LogP contribution in [0.1, 0.15) is 32.1 Å². The lowest BCUT2D eigenvalue weighted by atomic mass is 9.96. The number of hydrogen-bond acceptors (Lipinski definition) is 5. The van der Waals surface area contributed by atoms with Crippen molar-refractivity contribution in [2.24, 2.45) is 0 Å². The number of nitrogens with one attached hydrogen (secondary N) is 1. The number of carbonyl (C=O) groups is 1. The molecule has 0 aliphatic heterocycles. The number of ether oxygens (including phenoxy) is 1. The summed E-state index contributed by atoms with van der Waals surface area (Å²) in [5.74, 6) is 1.17. The number of benzene rings is 1. The molecule has 1 aromatic carbocycles. The van der Waals surface area contributed by atoms with Crippen LogP contribution in [0.15, 0.2) is 54.0 Å². The van der Waals surface area contributed by atoms with Crippen LogP contribution in [0.3, 0.4) is 0 Å². The standard InChI is InChI=1S/C21H21N3O2S/c25-21(23-16-5-2-1-3-6-16)26-17-10-8-15(9-11-17)20-22-13-12-18(24-20)19-7-4-14-27-19/h4,7-14,16H,1-3,5-6H2,(H,23,25). The predicted octanol–water partition coefficient (Wildman–Crippen LogP) is 5.29. The van der Waals surface area contributed by atoms with E-state index < -0.39 is 0 Å². The molecule has 5 nitrogen and oxygen atoms in total. The van der Waals surface area contributed by atoms with E-state index in [9.17, 15) is 4.79 Å². The molecule has 0 saturated heterocycles. The fourth-order valence-corrected chi connectivity index (χ4v) is 3.98. The molecule has 4 rings (SSSR count). The first-order valence-corrected chi connectivity index (χ1v) is 10.1.